The van der Waals surface area contributed by atoms with E-state index < -0.39 is 0 Å². The van der Waals surface area contributed by atoms with Gasteiger partial charge in [-0.25, -0.2) is 0 Å². The van der Waals surface area contributed by atoms with Crippen LogP contribution in [0.4, 0.5) is 0 Å². The first-order valence-corrected chi connectivity index (χ1v) is 23.7. The minimum Gasteiger partial charge on any atom is -0.124 e. The lowest BCUT2D eigenvalue weighted by Crippen LogP contribution is -2.32. The zero-order valence-corrected chi connectivity index (χ0v) is 31.8. The van der Waals surface area contributed by atoms with Crippen LogP contribution in [-0.2, 0) is 5.41 Å². The second kappa shape index (κ2) is 4.76. The molecular weight excluding hydrogens is 768 g/mol. The standard InChI is InChI=1S/C61H2Cl/c62-1-61-58-54-48-34-26-18-6-3-2-4-7(6)19-21-17-11(4)13-9-5(2)8-12-10(3)16-20(18)32(34)40-38-24(16)22(12)30-28-14(8)15(9)29-31-23(13)25(17)39-41-33(21)35(27(19)26)49(48)55(58)51(41)53-45(39)43(31)47-37(29)36(28)46-42(30)44(38)52(50(40)54)59(61)56(46)57(47)60(53)61/h1H2/q+1. The zero-order valence-electron chi connectivity index (χ0n) is 31.1. The van der Waals surface area contributed by atoms with Crippen LogP contribution in [0.5, 0.6) is 0 Å². The molecule has 3 aliphatic rings. The van der Waals surface area contributed by atoms with Crippen molar-refractivity contribution in [1.82, 2.24) is 0 Å². The maximum Gasteiger partial charge on any atom is 0.0988 e. The van der Waals surface area contributed by atoms with Gasteiger partial charge in [-0.3, -0.25) is 0 Å². The molecule has 29 aromatic rings. The van der Waals surface area contributed by atoms with E-state index in [1.807, 2.05) is 0 Å². The first kappa shape index (κ1) is 21.9. The van der Waals surface area contributed by atoms with E-state index in [-0.39, 0.29) is 5.41 Å². The van der Waals surface area contributed by atoms with Crippen molar-refractivity contribution < 1.29 is 0 Å². The average molecular weight is 770 g/mol. The fourth-order valence-electron chi connectivity index (χ4n) is 23.2. The summed E-state index contributed by atoms with van der Waals surface area (Å²) in [5.74, 6) is 0.609. The Labute approximate surface area is 339 Å². The van der Waals surface area contributed by atoms with Gasteiger partial charge in [0.25, 0.3) is 0 Å². The molecule has 0 fully saturated rings. The van der Waals surface area contributed by atoms with Crippen LogP contribution in [0.15, 0.2) is 0 Å². The van der Waals surface area contributed by atoms with Gasteiger partial charge in [0.2, 0.25) is 0 Å². The Morgan fingerprint density at radius 3 is 0.613 bits per heavy atom. The van der Waals surface area contributed by atoms with E-state index in [9.17, 15) is 0 Å². The van der Waals surface area contributed by atoms with Crippen molar-refractivity contribution in [2.45, 2.75) is 5.41 Å². The molecule has 0 spiro atoms. The molecule has 32 rings (SSSR count). The average Bonchev–Trinajstić information content (AvgIpc) is 4.13. The number of rotatable bonds is 1. The highest BCUT2D eigenvalue weighted by molar-refractivity contribution is 6.83. The van der Waals surface area contributed by atoms with Crippen LogP contribution in [0.1, 0.15) is 16.7 Å². The molecule has 0 radical (unpaired) electrons. The molecule has 62 heavy (non-hydrogen) atoms. The molecule has 0 unspecified atom stereocenters. The lowest BCUT2D eigenvalue weighted by molar-refractivity contribution is 0.752. The lowest BCUT2D eigenvalue weighted by atomic mass is 9.65. The molecule has 0 nitrogen and oxygen atoms in total. The third kappa shape index (κ3) is 1.07. The van der Waals surface area contributed by atoms with Gasteiger partial charge in [-0.15, -0.1) is 11.6 Å². The van der Waals surface area contributed by atoms with Gasteiger partial charge in [0.05, 0.1) is 48.7 Å². The topological polar surface area (TPSA) is 0 Å². The summed E-state index contributed by atoms with van der Waals surface area (Å²) in [4.78, 5) is 0. The normalized spacial score (nSPS) is 20.5. The van der Waals surface area contributed by atoms with E-state index in [1.165, 1.54) is 0 Å². The van der Waals surface area contributed by atoms with Crippen molar-refractivity contribution in [3.05, 3.63) is 16.7 Å². The first-order chi connectivity index (χ1) is 30.9. The van der Waals surface area contributed by atoms with Gasteiger partial charge in [0, 0.05) is 276 Å². The monoisotopic (exact) mass is 769 g/mol. The number of alkyl halides is 1. The summed E-state index contributed by atoms with van der Waals surface area (Å²) >= 11 is 8.13. The van der Waals surface area contributed by atoms with Crippen LogP contribution in [-0.4, -0.2) is 5.88 Å². The summed E-state index contributed by atoms with van der Waals surface area (Å²) in [6.07, 6.45) is 0. The minimum absolute atomic E-state index is 0.368. The Morgan fingerprint density at radius 2 is 0.339 bits per heavy atom. The highest BCUT2D eigenvalue weighted by atomic mass is 35.5. The third-order valence-corrected chi connectivity index (χ3v) is 23.6. The zero-order chi connectivity index (χ0) is 36.3. The largest absolute Gasteiger partial charge is 0.124 e. The van der Waals surface area contributed by atoms with E-state index in [1.54, 1.807) is 318 Å². The Morgan fingerprint density at radius 1 is 0.194 bits per heavy atom. The summed E-state index contributed by atoms with van der Waals surface area (Å²) in [6, 6.07) is 0. The first-order valence-electron chi connectivity index (χ1n) is 23.1. The Hall–Kier alpha value is -7.38. The molecule has 0 bridgehead atoms. The van der Waals surface area contributed by atoms with Gasteiger partial charge in [0.1, 0.15) is 0 Å². The van der Waals surface area contributed by atoms with Gasteiger partial charge in [-0.05, 0) is 5.39 Å². The molecule has 0 amide bonds. The summed E-state index contributed by atoms with van der Waals surface area (Å²) in [6.45, 7) is 0. The smallest absolute Gasteiger partial charge is 0.0988 e. The maximum atomic E-state index is 8.13. The molecule has 0 atom stereocenters. The molecule has 0 saturated carbocycles. The van der Waals surface area contributed by atoms with Crippen LogP contribution < -0.4 is 0 Å². The van der Waals surface area contributed by atoms with Gasteiger partial charge in [-0.1, -0.05) is 0 Å². The Bertz CT molecular complexity index is 6430. The number of halogens is 1. The van der Waals surface area contributed by atoms with Gasteiger partial charge >= 0.3 is 0 Å². The van der Waals surface area contributed by atoms with Crippen molar-refractivity contribution >= 4 is 313 Å². The van der Waals surface area contributed by atoms with Crippen LogP contribution in [0.3, 0.4) is 0 Å². The van der Waals surface area contributed by atoms with E-state index in [4.69, 9.17) is 11.6 Å². The molecule has 29 aromatic carbocycles. The van der Waals surface area contributed by atoms with E-state index >= 15 is 0 Å². The second-order valence-corrected chi connectivity index (χ2v) is 23.4. The summed E-state index contributed by atoms with van der Waals surface area (Å²) in [5, 5.41) is 91.9. The lowest BCUT2D eigenvalue weighted by Gasteiger charge is -2.34. The summed E-state index contributed by atoms with van der Waals surface area (Å²) in [5.41, 5.74) is 4.54. The second-order valence-electron chi connectivity index (χ2n) is 23.2. The van der Waals surface area contributed by atoms with E-state index in [0.29, 0.717) is 5.88 Å². The van der Waals surface area contributed by atoms with E-state index in [2.05, 4.69) is 0 Å². The van der Waals surface area contributed by atoms with Gasteiger partial charge in [0.15, 0.2) is 0 Å². The number of hydrogen-bond acceptors (Lipinski definition) is 0. The van der Waals surface area contributed by atoms with Gasteiger partial charge in [-0.2, -0.15) is 0 Å². The predicted molar refractivity (Wildman–Crippen MR) is 267 cm³/mol. The fourth-order valence-corrected chi connectivity index (χ4v) is 23.6. The van der Waals surface area contributed by atoms with Crippen molar-refractivity contribution in [3.8, 4) is 0 Å². The molecule has 0 N–H and O–H groups in total. The Balaban J connectivity index is 1.33. The summed E-state index contributed by atoms with van der Waals surface area (Å²) in [7, 11) is 0. The maximum absolute atomic E-state index is 8.13. The van der Waals surface area contributed by atoms with Crippen LogP contribution in [0.25, 0.3) is 302 Å². The molecule has 0 saturated heterocycles. The number of benzene rings is 18. The highest BCUT2D eigenvalue weighted by Gasteiger charge is 2.62. The molecule has 252 valence electrons. The SMILES string of the molecule is ClCC12c3c4c5c6c1c1c7c8c6c6c5c5c9c4c4c3c3c%10c%11c4c4c9c9c5c5c6c6c8c8c7c7c%12c%13c8c8c6c5c5c9c6c4c%11c4c9c6c5c8c%13c9c5c4c%10c4c(c5%12)c7c1[c+]2c34. The van der Waals surface area contributed by atoms with Crippen molar-refractivity contribution in [1.29, 1.82) is 0 Å². The quantitative estimate of drug-likeness (QED) is 0.0886. The molecule has 0 aliphatic heterocycles. The number of hydrogen-bond donors (Lipinski definition) is 0. The van der Waals surface area contributed by atoms with Crippen molar-refractivity contribution in [2.75, 3.05) is 5.88 Å². The Kier molecular flexibility index (Phi) is 1.68. The molecular formula is C61H2Cl+. The molecule has 0 aromatic heterocycles. The summed E-state index contributed by atoms with van der Waals surface area (Å²) < 4.78 is 0. The minimum atomic E-state index is -0.368. The van der Waals surface area contributed by atoms with Crippen molar-refractivity contribution in [3.63, 3.8) is 0 Å². The van der Waals surface area contributed by atoms with E-state index in [0.717, 1.165) is 0 Å². The fraction of sp³-hybridized carbons (Fsp3) is 0.0328. The predicted octanol–water partition coefficient (Wildman–Crippen LogP) is 17.6. The van der Waals surface area contributed by atoms with Crippen LogP contribution in [0.2, 0.25) is 0 Å². The highest BCUT2D eigenvalue weighted by Crippen LogP contribution is 2.82. The molecule has 0 heterocycles. The van der Waals surface area contributed by atoms with Gasteiger partial charge < -0.3 is 0 Å². The molecule has 3 aliphatic carbocycles. The third-order valence-electron chi connectivity index (χ3n) is 23.2. The van der Waals surface area contributed by atoms with Crippen LogP contribution in [0, 0.1) is 0 Å². The molecule has 1 heteroatoms. The van der Waals surface area contributed by atoms with Crippen LogP contribution >= 0.6 is 11.6 Å². The van der Waals surface area contributed by atoms with Crippen molar-refractivity contribution in [2.24, 2.45) is 0 Å².